The molecule has 0 atom stereocenters. The smallest absolute Gasteiger partial charge is 0.250 e. The van der Waals surface area contributed by atoms with Crippen LogP contribution in [-0.2, 0) is 4.79 Å². The van der Waals surface area contributed by atoms with Crippen LogP contribution in [0.5, 0.6) is 0 Å². The molecule has 2 amide bonds. The third-order valence-corrected chi connectivity index (χ3v) is 3.40. The van der Waals surface area contributed by atoms with Gasteiger partial charge < -0.3 is 16.4 Å². The predicted octanol–water partition coefficient (Wildman–Crippen LogP) is 1.54. The minimum atomic E-state index is -0.530. The number of hydrogen-bond acceptors (Lipinski definition) is 3. The van der Waals surface area contributed by atoms with Crippen molar-refractivity contribution >= 4 is 29.9 Å². The number of benzene rings is 1. The van der Waals surface area contributed by atoms with E-state index in [2.05, 4.69) is 10.6 Å². The molecule has 4 N–H and O–H groups in total. The summed E-state index contributed by atoms with van der Waals surface area (Å²) < 4.78 is 0. The molecule has 1 heterocycles. The second-order valence-electron chi connectivity index (χ2n) is 4.86. The highest BCUT2D eigenvalue weighted by Crippen LogP contribution is 2.19. The van der Waals surface area contributed by atoms with Gasteiger partial charge >= 0.3 is 0 Å². The maximum absolute atomic E-state index is 12.0. The summed E-state index contributed by atoms with van der Waals surface area (Å²) in [6.07, 6.45) is 2.53. The van der Waals surface area contributed by atoms with E-state index in [4.69, 9.17) is 5.73 Å². The maximum atomic E-state index is 12.0. The van der Waals surface area contributed by atoms with E-state index >= 15 is 0 Å². The Balaban J connectivity index is 0.00000200. The molecule has 0 aromatic heterocycles. The van der Waals surface area contributed by atoms with Crippen molar-refractivity contribution in [2.45, 2.75) is 19.3 Å². The third kappa shape index (κ3) is 4.51. The van der Waals surface area contributed by atoms with E-state index < -0.39 is 5.91 Å². The Hall–Kier alpha value is -1.59. The van der Waals surface area contributed by atoms with Gasteiger partial charge in [0.05, 0.1) is 11.3 Å². The van der Waals surface area contributed by atoms with E-state index in [0.29, 0.717) is 23.6 Å². The molecule has 20 heavy (non-hydrogen) atoms. The molecule has 2 rings (SSSR count). The SMILES string of the molecule is Cl.NC(=O)c1ccccc1NC(=O)CC1CCNCC1. The molecule has 0 unspecified atom stereocenters. The van der Waals surface area contributed by atoms with Crippen molar-refractivity contribution in [2.75, 3.05) is 18.4 Å². The summed E-state index contributed by atoms with van der Waals surface area (Å²) >= 11 is 0. The van der Waals surface area contributed by atoms with Gasteiger partial charge in [-0.05, 0) is 44.0 Å². The summed E-state index contributed by atoms with van der Waals surface area (Å²) in [5.41, 5.74) is 6.12. The molecule has 5 nitrogen and oxygen atoms in total. The number of hydrogen-bond donors (Lipinski definition) is 3. The van der Waals surface area contributed by atoms with Crippen LogP contribution in [0.4, 0.5) is 5.69 Å². The molecule has 0 aliphatic carbocycles. The van der Waals surface area contributed by atoms with Crippen molar-refractivity contribution in [1.29, 1.82) is 0 Å². The third-order valence-electron chi connectivity index (χ3n) is 3.40. The van der Waals surface area contributed by atoms with E-state index in [1.807, 2.05) is 0 Å². The van der Waals surface area contributed by atoms with E-state index in [9.17, 15) is 9.59 Å². The number of amides is 2. The van der Waals surface area contributed by atoms with Crippen LogP contribution >= 0.6 is 12.4 Å². The number of piperidine rings is 1. The van der Waals surface area contributed by atoms with Gasteiger partial charge in [-0.25, -0.2) is 0 Å². The molecule has 6 heteroatoms. The first-order valence-electron chi connectivity index (χ1n) is 6.56. The summed E-state index contributed by atoms with van der Waals surface area (Å²) in [5, 5.41) is 6.05. The van der Waals surface area contributed by atoms with Crippen LogP contribution in [0.2, 0.25) is 0 Å². The Morgan fingerprint density at radius 1 is 1.25 bits per heavy atom. The lowest BCUT2D eigenvalue weighted by molar-refractivity contribution is -0.117. The maximum Gasteiger partial charge on any atom is 0.250 e. The molecule has 0 bridgehead atoms. The van der Waals surface area contributed by atoms with Crippen molar-refractivity contribution in [3.05, 3.63) is 29.8 Å². The highest BCUT2D eigenvalue weighted by Gasteiger charge is 2.17. The van der Waals surface area contributed by atoms with Gasteiger partial charge in [0.25, 0.3) is 5.91 Å². The summed E-state index contributed by atoms with van der Waals surface area (Å²) in [5.74, 6) is -0.166. The first kappa shape index (κ1) is 16.5. The average molecular weight is 298 g/mol. The van der Waals surface area contributed by atoms with Crippen molar-refractivity contribution in [2.24, 2.45) is 11.7 Å². The van der Waals surface area contributed by atoms with Gasteiger partial charge in [-0.15, -0.1) is 12.4 Å². The molecule has 1 saturated heterocycles. The van der Waals surface area contributed by atoms with Crippen LogP contribution < -0.4 is 16.4 Å². The molecule has 110 valence electrons. The average Bonchev–Trinajstić information content (AvgIpc) is 2.40. The largest absolute Gasteiger partial charge is 0.366 e. The fourth-order valence-corrected chi connectivity index (χ4v) is 2.36. The van der Waals surface area contributed by atoms with Crippen LogP contribution in [0.3, 0.4) is 0 Å². The Labute approximate surface area is 124 Å². The molecule has 0 spiro atoms. The Morgan fingerprint density at radius 2 is 1.90 bits per heavy atom. The van der Waals surface area contributed by atoms with Crippen LogP contribution in [0.25, 0.3) is 0 Å². The van der Waals surface area contributed by atoms with Gasteiger partial charge in [0.2, 0.25) is 5.91 Å². The normalized spacial score (nSPS) is 15.2. The minimum absolute atomic E-state index is 0. The molecule has 1 aromatic rings. The summed E-state index contributed by atoms with van der Waals surface area (Å²) in [4.78, 5) is 23.2. The van der Waals surface area contributed by atoms with Gasteiger partial charge in [-0.3, -0.25) is 9.59 Å². The molecule has 0 radical (unpaired) electrons. The molecular formula is C14H20ClN3O2. The van der Waals surface area contributed by atoms with E-state index in [1.54, 1.807) is 24.3 Å². The van der Waals surface area contributed by atoms with Gasteiger partial charge in [-0.1, -0.05) is 12.1 Å². The number of nitrogens with two attached hydrogens (primary N) is 1. The molecule has 1 aromatic carbocycles. The van der Waals surface area contributed by atoms with Crippen LogP contribution in [0.1, 0.15) is 29.6 Å². The zero-order valence-electron chi connectivity index (χ0n) is 11.2. The second kappa shape index (κ2) is 7.87. The highest BCUT2D eigenvalue weighted by atomic mass is 35.5. The van der Waals surface area contributed by atoms with Gasteiger partial charge in [0, 0.05) is 6.42 Å². The minimum Gasteiger partial charge on any atom is -0.366 e. The Bertz CT molecular complexity index is 473. The van der Waals surface area contributed by atoms with E-state index in [0.717, 1.165) is 25.9 Å². The van der Waals surface area contributed by atoms with Crippen molar-refractivity contribution in [1.82, 2.24) is 5.32 Å². The fraction of sp³-hybridized carbons (Fsp3) is 0.429. The number of rotatable bonds is 4. The summed E-state index contributed by atoms with van der Waals surface area (Å²) in [6.45, 7) is 1.94. The monoisotopic (exact) mass is 297 g/mol. The van der Waals surface area contributed by atoms with Crippen LogP contribution in [0, 0.1) is 5.92 Å². The number of anilines is 1. The second-order valence-corrected chi connectivity index (χ2v) is 4.86. The first-order valence-corrected chi connectivity index (χ1v) is 6.56. The number of carbonyl (C=O) groups is 2. The number of primary amides is 1. The Morgan fingerprint density at radius 3 is 2.55 bits per heavy atom. The van der Waals surface area contributed by atoms with Crippen molar-refractivity contribution < 1.29 is 9.59 Å². The standard InChI is InChI=1S/C14H19N3O2.ClH/c15-14(19)11-3-1-2-4-12(11)17-13(18)9-10-5-7-16-8-6-10;/h1-4,10,16H,5-9H2,(H2,15,19)(H,17,18);1H. The summed E-state index contributed by atoms with van der Waals surface area (Å²) in [7, 11) is 0. The highest BCUT2D eigenvalue weighted by molar-refractivity contribution is 6.02. The van der Waals surface area contributed by atoms with Crippen molar-refractivity contribution in [3.8, 4) is 0 Å². The fourth-order valence-electron chi connectivity index (χ4n) is 2.36. The topological polar surface area (TPSA) is 84.2 Å². The number of carbonyl (C=O) groups excluding carboxylic acids is 2. The van der Waals surface area contributed by atoms with E-state index in [1.165, 1.54) is 0 Å². The molecule has 0 saturated carbocycles. The molecule has 1 aliphatic rings. The van der Waals surface area contributed by atoms with Gasteiger partial charge in [-0.2, -0.15) is 0 Å². The quantitative estimate of drug-likeness (QED) is 0.788. The lowest BCUT2D eigenvalue weighted by atomic mass is 9.94. The molecule has 1 fully saturated rings. The molecular weight excluding hydrogens is 278 g/mol. The summed E-state index contributed by atoms with van der Waals surface area (Å²) in [6, 6.07) is 6.80. The first-order chi connectivity index (χ1) is 9.16. The van der Waals surface area contributed by atoms with Crippen molar-refractivity contribution in [3.63, 3.8) is 0 Å². The van der Waals surface area contributed by atoms with Gasteiger partial charge in [0.1, 0.15) is 0 Å². The van der Waals surface area contributed by atoms with Gasteiger partial charge in [0.15, 0.2) is 0 Å². The zero-order chi connectivity index (χ0) is 13.7. The lowest BCUT2D eigenvalue weighted by Crippen LogP contribution is -2.30. The number of nitrogens with one attached hydrogen (secondary N) is 2. The Kier molecular flexibility index (Phi) is 6.48. The van der Waals surface area contributed by atoms with Crippen LogP contribution in [0.15, 0.2) is 24.3 Å². The number of halogens is 1. The lowest BCUT2D eigenvalue weighted by Gasteiger charge is -2.22. The van der Waals surface area contributed by atoms with Crippen LogP contribution in [-0.4, -0.2) is 24.9 Å². The molecule has 1 aliphatic heterocycles. The number of para-hydroxylation sites is 1. The predicted molar refractivity (Wildman–Crippen MR) is 81.0 cm³/mol. The zero-order valence-corrected chi connectivity index (χ0v) is 12.0. The van der Waals surface area contributed by atoms with E-state index in [-0.39, 0.29) is 18.3 Å².